The van der Waals surface area contributed by atoms with Crippen molar-refractivity contribution in [1.82, 2.24) is 10.5 Å². The van der Waals surface area contributed by atoms with Crippen molar-refractivity contribution in [1.29, 1.82) is 0 Å². The van der Waals surface area contributed by atoms with E-state index in [2.05, 4.69) is 15.2 Å². The summed E-state index contributed by atoms with van der Waals surface area (Å²) in [5, 5.41) is 6.11. The average molecular weight is 323 g/mol. The standard InChI is InChI=1S/C14H17N3O4S/c1-10-3-5-12(6-4-10)14(18)15-7-8-22(19,20)17-13-9-11(2)21-16-13/h3-6,9H,7-8H2,1-2H3,(H,15,18)(H,16,17). The number of anilines is 1. The molecule has 1 aromatic heterocycles. The van der Waals surface area contributed by atoms with Gasteiger partial charge in [0, 0.05) is 18.2 Å². The first-order chi connectivity index (χ1) is 10.4. The van der Waals surface area contributed by atoms with Gasteiger partial charge in [-0.25, -0.2) is 8.42 Å². The zero-order valence-corrected chi connectivity index (χ0v) is 13.1. The first-order valence-corrected chi connectivity index (χ1v) is 8.30. The van der Waals surface area contributed by atoms with Gasteiger partial charge in [0.25, 0.3) is 5.91 Å². The van der Waals surface area contributed by atoms with Gasteiger partial charge in [-0.15, -0.1) is 0 Å². The van der Waals surface area contributed by atoms with Crippen molar-refractivity contribution in [3.63, 3.8) is 0 Å². The van der Waals surface area contributed by atoms with E-state index in [1.165, 1.54) is 6.07 Å². The summed E-state index contributed by atoms with van der Waals surface area (Å²) in [6.45, 7) is 3.58. The van der Waals surface area contributed by atoms with E-state index < -0.39 is 10.0 Å². The number of benzene rings is 1. The van der Waals surface area contributed by atoms with Crippen molar-refractivity contribution in [2.24, 2.45) is 0 Å². The Kier molecular flexibility index (Phi) is 4.81. The second-order valence-corrected chi connectivity index (χ2v) is 6.71. The van der Waals surface area contributed by atoms with Crippen molar-refractivity contribution < 1.29 is 17.7 Å². The maximum atomic E-state index is 11.8. The molecular weight excluding hydrogens is 306 g/mol. The fourth-order valence-electron chi connectivity index (χ4n) is 1.73. The van der Waals surface area contributed by atoms with Crippen LogP contribution in [0.15, 0.2) is 34.9 Å². The lowest BCUT2D eigenvalue weighted by Crippen LogP contribution is -2.31. The number of amides is 1. The fourth-order valence-corrected chi connectivity index (χ4v) is 2.62. The van der Waals surface area contributed by atoms with E-state index in [9.17, 15) is 13.2 Å². The number of hydrogen-bond acceptors (Lipinski definition) is 5. The van der Waals surface area contributed by atoms with Crippen LogP contribution < -0.4 is 10.0 Å². The van der Waals surface area contributed by atoms with Crippen LogP contribution in [0.5, 0.6) is 0 Å². The highest BCUT2D eigenvalue weighted by molar-refractivity contribution is 7.92. The molecule has 0 unspecified atom stereocenters. The number of carbonyl (C=O) groups excluding carboxylic acids is 1. The number of rotatable bonds is 6. The molecule has 0 radical (unpaired) electrons. The van der Waals surface area contributed by atoms with Crippen LogP contribution in [-0.2, 0) is 10.0 Å². The first-order valence-electron chi connectivity index (χ1n) is 6.64. The molecule has 22 heavy (non-hydrogen) atoms. The summed E-state index contributed by atoms with van der Waals surface area (Å²) in [6.07, 6.45) is 0. The van der Waals surface area contributed by atoms with Crippen molar-refractivity contribution in [3.8, 4) is 0 Å². The Labute approximate surface area is 128 Å². The molecule has 0 bridgehead atoms. The lowest BCUT2D eigenvalue weighted by atomic mass is 10.1. The number of sulfonamides is 1. The second-order valence-electron chi connectivity index (χ2n) is 4.87. The Bertz CT molecular complexity index is 751. The Morgan fingerprint density at radius 1 is 1.23 bits per heavy atom. The average Bonchev–Trinajstić information content (AvgIpc) is 2.83. The van der Waals surface area contributed by atoms with E-state index in [1.54, 1.807) is 19.1 Å². The van der Waals surface area contributed by atoms with Crippen LogP contribution in [0.25, 0.3) is 0 Å². The molecule has 2 rings (SSSR count). The molecule has 0 aliphatic heterocycles. The lowest BCUT2D eigenvalue weighted by Gasteiger charge is -2.07. The Hall–Kier alpha value is -2.35. The van der Waals surface area contributed by atoms with Crippen molar-refractivity contribution >= 4 is 21.7 Å². The van der Waals surface area contributed by atoms with Gasteiger partial charge in [0.2, 0.25) is 10.0 Å². The van der Waals surface area contributed by atoms with Gasteiger partial charge < -0.3 is 9.84 Å². The molecule has 8 heteroatoms. The van der Waals surface area contributed by atoms with E-state index in [0.717, 1.165) is 5.56 Å². The predicted molar refractivity (Wildman–Crippen MR) is 82.2 cm³/mol. The quantitative estimate of drug-likeness (QED) is 0.838. The van der Waals surface area contributed by atoms with Crippen LogP contribution in [0.4, 0.5) is 5.82 Å². The summed E-state index contributed by atoms with van der Waals surface area (Å²) in [6, 6.07) is 8.49. The molecule has 0 spiro atoms. The highest BCUT2D eigenvalue weighted by Crippen LogP contribution is 2.09. The maximum absolute atomic E-state index is 11.8. The first kappa shape index (κ1) is 16.0. The third-order valence-electron chi connectivity index (χ3n) is 2.86. The van der Waals surface area contributed by atoms with Crippen LogP contribution >= 0.6 is 0 Å². The fraction of sp³-hybridized carbons (Fsp3) is 0.286. The number of hydrogen-bond donors (Lipinski definition) is 2. The molecule has 0 saturated carbocycles. The molecule has 2 N–H and O–H groups in total. The third-order valence-corrected chi connectivity index (χ3v) is 4.12. The van der Waals surface area contributed by atoms with E-state index in [1.807, 2.05) is 19.1 Å². The molecule has 2 aromatic rings. The minimum atomic E-state index is -3.59. The van der Waals surface area contributed by atoms with E-state index in [0.29, 0.717) is 11.3 Å². The van der Waals surface area contributed by atoms with Gasteiger partial charge in [-0.05, 0) is 26.0 Å². The van der Waals surface area contributed by atoms with Gasteiger partial charge in [-0.1, -0.05) is 22.9 Å². The van der Waals surface area contributed by atoms with E-state index in [4.69, 9.17) is 4.52 Å². The highest BCUT2D eigenvalue weighted by Gasteiger charge is 2.14. The van der Waals surface area contributed by atoms with Gasteiger partial charge in [0.15, 0.2) is 5.82 Å². The van der Waals surface area contributed by atoms with Crippen LogP contribution in [0.2, 0.25) is 0 Å². The molecule has 0 aliphatic rings. The molecule has 0 atom stereocenters. The third kappa shape index (κ3) is 4.59. The smallest absolute Gasteiger partial charge is 0.251 e. The van der Waals surface area contributed by atoms with Crippen molar-refractivity contribution in [2.75, 3.05) is 17.0 Å². The maximum Gasteiger partial charge on any atom is 0.251 e. The van der Waals surface area contributed by atoms with Gasteiger partial charge >= 0.3 is 0 Å². The molecule has 1 amide bonds. The number of carbonyl (C=O) groups is 1. The Morgan fingerprint density at radius 3 is 2.50 bits per heavy atom. The molecule has 1 heterocycles. The van der Waals surface area contributed by atoms with Gasteiger partial charge in [0.05, 0.1) is 5.75 Å². The molecule has 0 saturated heterocycles. The highest BCUT2D eigenvalue weighted by atomic mass is 32.2. The zero-order chi connectivity index (χ0) is 16.2. The number of aryl methyl sites for hydroxylation is 2. The van der Waals surface area contributed by atoms with Gasteiger partial charge in [-0.2, -0.15) is 0 Å². The predicted octanol–water partition coefficient (Wildman–Crippen LogP) is 1.46. The Balaban J connectivity index is 1.84. The van der Waals surface area contributed by atoms with Gasteiger partial charge in [0.1, 0.15) is 5.76 Å². The largest absolute Gasteiger partial charge is 0.360 e. The van der Waals surface area contributed by atoms with E-state index in [-0.39, 0.29) is 24.0 Å². The summed E-state index contributed by atoms with van der Waals surface area (Å²) in [5.41, 5.74) is 1.54. The normalized spacial score (nSPS) is 11.2. The number of aromatic nitrogens is 1. The van der Waals surface area contributed by atoms with Gasteiger partial charge in [-0.3, -0.25) is 9.52 Å². The Morgan fingerprint density at radius 2 is 1.91 bits per heavy atom. The molecular formula is C14H17N3O4S. The van der Waals surface area contributed by atoms with E-state index >= 15 is 0 Å². The molecule has 0 aliphatic carbocycles. The molecule has 1 aromatic carbocycles. The van der Waals surface area contributed by atoms with Crippen molar-refractivity contribution in [3.05, 3.63) is 47.2 Å². The SMILES string of the molecule is Cc1ccc(C(=O)NCCS(=O)(=O)Nc2cc(C)on2)cc1. The number of nitrogens with one attached hydrogen (secondary N) is 2. The molecule has 118 valence electrons. The summed E-state index contributed by atoms with van der Waals surface area (Å²) in [7, 11) is -3.59. The van der Waals surface area contributed by atoms with Crippen LogP contribution in [0.1, 0.15) is 21.7 Å². The topological polar surface area (TPSA) is 101 Å². The zero-order valence-electron chi connectivity index (χ0n) is 12.3. The number of nitrogens with zero attached hydrogens (tertiary/aromatic N) is 1. The minimum Gasteiger partial charge on any atom is -0.360 e. The van der Waals surface area contributed by atoms with Crippen LogP contribution in [-0.4, -0.2) is 31.8 Å². The summed E-state index contributed by atoms with van der Waals surface area (Å²) in [5.74, 6) is 0.0662. The van der Waals surface area contributed by atoms with Crippen molar-refractivity contribution in [2.45, 2.75) is 13.8 Å². The molecule has 7 nitrogen and oxygen atoms in total. The monoisotopic (exact) mass is 323 g/mol. The molecule has 0 fully saturated rings. The summed E-state index contributed by atoms with van der Waals surface area (Å²) >= 11 is 0. The minimum absolute atomic E-state index is 0.00111. The lowest BCUT2D eigenvalue weighted by molar-refractivity contribution is 0.0956. The summed E-state index contributed by atoms with van der Waals surface area (Å²) in [4.78, 5) is 11.8. The summed E-state index contributed by atoms with van der Waals surface area (Å²) < 4.78 is 30.7. The second kappa shape index (κ2) is 6.61. The van der Waals surface area contributed by atoms with Crippen LogP contribution in [0, 0.1) is 13.8 Å². The van der Waals surface area contributed by atoms with Crippen LogP contribution in [0.3, 0.4) is 0 Å².